The Kier molecular flexibility index (Phi) is 5.91. The van der Waals surface area contributed by atoms with Gasteiger partial charge < -0.3 is 14.4 Å². The Morgan fingerprint density at radius 2 is 1.72 bits per heavy atom. The van der Waals surface area contributed by atoms with Crippen LogP contribution in [0.25, 0.3) is 16.9 Å². The summed E-state index contributed by atoms with van der Waals surface area (Å²) in [5, 5.41) is 15.7. The van der Waals surface area contributed by atoms with Crippen LogP contribution in [0, 0.1) is 10.1 Å². The van der Waals surface area contributed by atoms with E-state index in [0.29, 0.717) is 30.2 Å². The highest BCUT2D eigenvalue weighted by Gasteiger charge is 2.29. The first kappa shape index (κ1) is 21.5. The maximum Gasteiger partial charge on any atom is 0.272 e. The molecule has 32 heavy (non-hydrogen) atoms. The van der Waals surface area contributed by atoms with E-state index in [-0.39, 0.29) is 23.8 Å². The van der Waals surface area contributed by atoms with E-state index in [1.54, 1.807) is 30.2 Å². The number of benzene rings is 2. The SMILES string of the molecule is COc1ccc(-c2cc(C(=O)N3CC(C)OC(C)C3)n(-c3ccc([N+](=O)[O-])cc3)n2)cc1. The molecule has 0 saturated carbocycles. The molecule has 0 N–H and O–H groups in total. The van der Waals surface area contributed by atoms with Crippen LogP contribution in [0.15, 0.2) is 54.6 Å². The quantitative estimate of drug-likeness (QED) is 0.447. The fourth-order valence-electron chi connectivity index (χ4n) is 3.85. The molecule has 9 nitrogen and oxygen atoms in total. The fourth-order valence-corrected chi connectivity index (χ4v) is 3.85. The Hall–Kier alpha value is -3.72. The number of amides is 1. The number of morpholine rings is 1. The molecule has 4 rings (SSSR count). The summed E-state index contributed by atoms with van der Waals surface area (Å²) in [5.74, 6) is 0.550. The van der Waals surface area contributed by atoms with Gasteiger partial charge in [-0.15, -0.1) is 0 Å². The van der Waals surface area contributed by atoms with Gasteiger partial charge in [0.15, 0.2) is 0 Å². The number of aromatic nitrogens is 2. The van der Waals surface area contributed by atoms with Gasteiger partial charge in [-0.3, -0.25) is 14.9 Å². The summed E-state index contributed by atoms with van der Waals surface area (Å²) in [5.41, 5.74) is 2.35. The lowest BCUT2D eigenvalue weighted by Gasteiger charge is -2.35. The number of hydrogen-bond donors (Lipinski definition) is 0. The van der Waals surface area contributed by atoms with Gasteiger partial charge in [-0.1, -0.05) is 0 Å². The average molecular weight is 436 g/mol. The molecule has 1 aliphatic rings. The molecule has 0 bridgehead atoms. The molecule has 0 spiro atoms. The minimum Gasteiger partial charge on any atom is -0.497 e. The zero-order valence-electron chi connectivity index (χ0n) is 18.1. The molecule has 2 unspecified atom stereocenters. The van der Waals surface area contributed by atoms with Crippen LogP contribution in [-0.4, -0.2) is 57.9 Å². The molecule has 1 aromatic heterocycles. The molecule has 2 heterocycles. The Morgan fingerprint density at radius 3 is 2.28 bits per heavy atom. The Balaban J connectivity index is 1.76. The van der Waals surface area contributed by atoms with Crippen LogP contribution in [0.4, 0.5) is 5.69 Å². The maximum absolute atomic E-state index is 13.5. The topological polar surface area (TPSA) is 99.7 Å². The van der Waals surface area contributed by atoms with Crippen LogP contribution in [-0.2, 0) is 4.74 Å². The van der Waals surface area contributed by atoms with Crippen molar-refractivity contribution in [3.05, 3.63) is 70.4 Å². The minimum absolute atomic E-state index is 0.0278. The summed E-state index contributed by atoms with van der Waals surface area (Å²) in [4.78, 5) is 25.8. The maximum atomic E-state index is 13.5. The van der Waals surface area contributed by atoms with Gasteiger partial charge in [-0.2, -0.15) is 5.10 Å². The summed E-state index contributed by atoms with van der Waals surface area (Å²) in [6.07, 6.45) is -0.140. The molecule has 1 fully saturated rings. The lowest BCUT2D eigenvalue weighted by atomic mass is 10.1. The third kappa shape index (κ3) is 4.33. The minimum atomic E-state index is -0.460. The molecule has 3 aromatic rings. The molecule has 1 amide bonds. The van der Waals surface area contributed by atoms with Gasteiger partial charge in [-0.05, 0) is 56.3 Å². The van der Waals surface area contributed by atoms with Crippen LogP contribution < -0.4 is 4.74 Å². The van der Waals surface area contributed by atoms with Crippen LogP contribution in [0.2, 0.25) is 0 Å². The summed E-state index contributed by atoms with van der Waals surface area (Å²) >= 11 is 0. The molecule has 2 atom stereocenters. The van der Waals surface area contributed by atoms with Crippen molar-refractivity contribution in [3.8, 4) is 22.7 Å². The lowest BCUT2D eigenvalue weighted by molar-refractivity contribution is -0.384. The number of nitro groups is 1. The van der Waals surface area contributed by atoms with Gasteiger partial charge in [0.05, 0.1) is 35.6 Å². The molecular weight excluding hydrogens is 412 g/mol. The van der Waals surface area contributed by atoms with Crippen molar-refractivity contribution in [1.29, 1.82) is 0 Å². The van der Waals surface area contributed by atoms with Gasteiger partial charge in [0, 0.05) is 30.8 Å². The fraction of sp³-hybridized carbons (Fsp3) is 0.304. The summed E-state index contributed by atoms with van der Waals surface area (Å²) in [6, 6.07) is 15.1. The van der Waals surface area contributed by atoms with Gasteiger partial charge in [0.25, 0.3) is 11.6 Å². The highest BCUT2D eigenvalue weighted by molar-refractivity contribution is 5.94. The summed E-state index contributed by atoms with van der Waals surface area (Å²) in [7, 11) is 1.60. The third-order valence-corrected chi connectivity index (χ3v) is 5.33. The van der Waals surface area contributed by atoms with E-state index in [9.17, 15) is 14.9 Å². The van der Waals surface area contributed by atoms with Gasteiger partial charge >= 0.3 is 0 Å². The van der Waals surface area contributed by atoms with Crippen LogP contribution in [0.1, 0.15) is 24.3 Å². The summed E-state index contributed by atoms with van der Waals surface area (Å²) in [6.45, 7) is 4.83. The van der Waals surface area contributed by atoms with Crippen LogP contribution >= 0.6 is 0 Å². The van der Waals surface area contributed by atoms with Crippen molar-refractivity contribution in [3.63, 3.8) is 0 Å². The van der Waals surface area contributed by atoms with E-state index in [0.717, 1.165) is 11.3 Å². The van der Waals surface area contributed by atoms with Crippen molar-refractivity contribution < 1.29 is 19.2 Å². The second kappa shape index (κ2) is 8.80. The second-order valence-electron chi connectivity index (χ2n) is 7.80. The molecule has 9 heteroatoms. The Labute approximate surface area is 185 Å². The normalized spacial score (nSPS) is 18.4. The largest absolute Gasteiger partial charge is 0.497 e. The Morgan fingerprint density at radius 1 is 1.09 bits per heavy atom. The van der Waals surface area contributed by atoms with E-state index in [4.69, 9.17) is 9.47 Å². The van der Waals surface area contributed by atoms with Crippen molar-refractivity contribution >= 4 is 11.6 Å². The number of nitro benzene ring substituents is 1. The lowest BCUT2D eigenvalue weighted by Crippen LogP contribution is -2.48. The standard InChI is InChI=1S/C23H24N4O5/c1-15-13-25(14-16(2)32-15)23(28)22-12-21(17-4-10-20(31-3)11-5-17)24-26(22)18-6-8-19(9-7-18)27(29)30/h4-12,15-16H,13-14H2,1-3H3. The number of rotatable bonds is 5. The third-order valence-electron chi connectivity index (χ3n) is 5.33. The molecule has 0 radical (unpaired) electrons. The molecule has 1 aliphatic heterocycles. The molecular formula is C23H24N4O5. The van der Waals surface area contributed by atoms with E-state index in [2.05, 4.69) is 5.10 Å². The molecule has 2 aromatic carbocycles. The predicted molar refractivity (Wildman–Crippen MR) is 118 cm³/mol. The van der Waals surface area contributed by atoms with Crippen molar-refractivity contribution in [2.24, 2.45) is 0 Å². The number of nitrogens with zero attached hydrogens (tertiary/aromatic N) is 4. The number of non-ortho nitro benzene ring substituents is 1. The summed E-state index contributed by atoms with van der Waals surface area (Å²) < 4.78 is 12.5. The Bertz CT molecular complexity index is 1110. The van der Waals surface area contributed by atoms with Crippen LogP contribution in [0.3, 0.4) is 0 Å². The number of hydrogen-bond acceptors (Lipinski definition) is 6. The molecule has 0 aliphatic carbocycles. The number of carbonyl (C=O) groups excluding carboxylic acids is 1. The van der Waals surface area contributed by atoms with E-state index in [1.165, 1.54) is 16.8 Å². The zero-order valence-corrected chi connectivity index (χ0v) is 18.1. The van der Waals surface area contributed by atoms with Gasteiger partial charge in [-0.25, -0.2) is 4.68 Å². The number of carbonyl (C=O) groups is 1. The first-order chi connectivity index (χ1) is 15.4. The van der Waals surface area contributed by atoms with Crippen molar-refractivity contribution in [2.75, 3.05) is 20.2 Å². The van der Waals surface area contributed by atoms with E-state index >= 15 is 0 Å². The van der Waals surface area contributed by atoms with Crippen LogP contribution in [0.5, 0.6) is 5.75 Å². The van der Waals surface area contributed by atoms with Crippen molar-refractivity contribution in [1.82, 2.24) is 14.7 Å². The zero-order chi connectivity index (χ0) is 22.8. The van der Waals surface area contributed by atoms with Gasteiger partial charge in [0.2, 0.25) is 0 Å². The first-order valence-electron chi connectivity index (χ1n) is 10.3. The number of methoxy groups -OCH3 is 1. The number of ether oxygens (including phenoxy) is 2. The predicted octanol–water partition coefficient (Wildman–Crippen LogP) is 3.71. The monoisotopic (exact) mass is 436 g/mol. The average Bonchev–Trinajstić information content (AvgIpc) is 3.23. The molecule has 1 saturated heterocycles. The van der Waals surface area contributed by atoms with E-state index < -0.39 is 4.92 Å². The highest BCUT2D eigenvalue weighted by Crippen LogP contribution is 2.26. The smallest absolute Gasteiger partial charge is 0.272 e. The second-order valence-corrected chi connectivity index (χ2v) is 7.80. The van der Waals surface area contributed by atoms with Crippen molar-refractivity contribution in [2.45, 2.75) is 26.1 Å². The molecule has 166 valence electrons. The van der Waals surface area contributed by atoms with Gasteiger partial charge in [0.1, 0.15) is 11.4 Å². The highest BCUT2D eigenvalue weighted by atomic mass is 16.6. The first-order valence-corrected chi connectivity index (χ1v) is 10.3. The van der Waals surface area contributed by atoms with E-state index in [1.807, 2.05) is 38.1 Å².